The molecule has 0 aliphatic heterocycles. The zero-order chi connectivity index (χ0) is 11.5. The molecule has 0 N–H and O–H groups in total. The van der Waals surface area contributed by atoms with E-state index in [1.165, 1.54) is 0 Å². The molecule has 2 aromatic rings. The summed E-state index contributed by atoms with van der Waals surface area (Å²) in [6.45, 7) is 4.05. The monoisotopic (exact) mass is 233 g/mol. The molecule has 16 heavy (non-hydrogen) atoms. The van der Waals surface area contributed by atoms with Crippen LogP contribution in [0, 0.1) is 6.92 Å². The van der Waals surface area contributed by atoms with Crippen molar-refractivity contribution in [3.8, 4) is 11.4 Å². The first-order chi connectivity index (χ1) is 7.70. The maximum absolute atomic E-state index is 5.96. The van der Waals surface area contributed by atoms with Crippen LogP contribution >= 0.6 is 11.6 Å². The van der Waals surface area contributed by atoms with Gasteiger partial charge >= 0.3 is 0 Å². The normalized spacial score (nSPS) is 10.4. The van der Waals surface area contributed by atoms with Crippen LogP contribution in [0.25, 0.3) is 11.4 Å². The summed E-state index contributed by atoms with van der Waals surface area (Å²) in [5.41, 5.74) is 2.97. The SMILES string of the molecule is CCc1cc(Cl)nc(-c2cnccc2C)n1. The standard InChI is InChI=1S/C12H12ClN3/c1-3-9-6-11(13)16-12(15-9)10-7-14-5-4-8(10)2/h4-7H,3H2,1-2H3. The van der Waals surface area contributed by atoms with Crippen molar-refractivity contribution >= 4 is 11.6 Å². The van der Waals surface area contributed by atoms with Gasteiger partial charge in [0.05, 0.1) is 0 Å². The first-order valence-corrected chi connectivity index (χ1v) is 5.53. The number of hydrogen-bond acceptors (Lipinski definition) is 3. The van der Waals surface area contributed by atoms with E-state index in [9.17, 15) is 0 Å². The minimum Gasteiger partial charge on any atom is -0.264 e. The quantitative estimate of drug-likeness (QED) is 0.749. The molecule has 2 heterocycles. The Kier molecular flexibility index (Phi) is 3.15. The smallest absolute Gasteiger partial charge is 0.162 e. The second-order valence-corrected chi connectivity index (χ2v) is 3.94. The van der Waals surface area contributed by atoms with Crippen LogP contribution in [0.5, 0.6) is 0 Å². The Labute approximate surface area is 99.5 Å². The molecule has 0 amide bonds. The zero-order valence-electron chi connectivity index (χ0n) is 9.24. The molecule has 0 bridgehead atoms. The van der Waals surface area contributed by atoms with Gasteiger partial charge in [-0.3, -0.25) is 4.98 Å². The molecule has 82 valence electrons. The van der Waals surface area contributed by atoms with Crippen molar-refractivity contribution in [1.82, 2.24) is 15.0 Å². The van der Waals surface area contributed by atoms with Crippen LogP contribution in [0.1, 0.15) is 18.2 Å². The first kappa shape index (κ1) is 11.0. The third-order valence-corrected chi connectivity index (χ3v) is 2.58. The highest BCUT2D eigenvalue weighted by Crippen LogP contribution is 2.20. The van der Waals surface area contributed by atoms with E-state index >= 15 is 0 Å². The third-order valence-electron chi connectivity index (χ3n) is 2.39. The molecular weight excluding hydrogens is 222 g/mol. The zero-order valence-corrected chi connectivity index (χ0v) is 9.99. The average Bonchev–Trinajstić information content (AvgIpc) is 2.28. The molecule has 2 aromatic heterocycles. The summed E-state index contributed by atoms with van der Waals surface area (Å²) in [5.74, 6) is 0.648. The van der Waals surface area contributed by atoms with Gasteiger partial charge < -0.3 is 0 Å². The molecule has 0 unspecified atom stereocenters. The van der Waals surface area contributed by atoms with Gasteiger partial charge in [-0.1, -0.05) is 18.5 Å². The van der Waals surface area contributed by atoms with Crippen molar-refractivity contribution < 1.29 is 0 Å². The average molecular weight is 234 g/mol. The van der Waals surface area contributed by atoms with Crippen LogP contribution in [0.15, 0.2) is 24.5 Å². The van der Waals surface area contributed by atoms with Gasteiger partial charge in [-0.25, -0.2) is 9.97 Å². The molecule has 0 aliphatic carbocycles. The Morgan fingerprint density at radius 3 is 2.81 bits per heavy atom. The molecule has 0 saturated carbocycles. The Morgan fingerprint density at radius 2 is 2.12 bits per heavy atom. The van der Waals surface area contributed by atoms with E-state index in [1.54, 1.807) is 18.5 Å². The summed E-state index contributed by atoms with van der Waals surface area (Å²) >= 11 is 5.96. The molecule has 4 heteroatoms. The summed E-state index contributed by atoms with van der Waals surface area (Å²) < 4.78 is 0. The van der Waals surface area contributed by atoms with Crippen molar-refractivity contribution in [3.63, 3.8) is 0 Å². The summed E-state index contributed by atoms with van der Waals surface area (Å²) in [7, 11) is 0. The van der Waals surface area contributed by atoms with E-state index in [1.807, 2.05) is 19.9 Å². The summed E-state index contributed by atoms with van der Waals surface area (Å²) in [4.78, 5) is 12.8. The molecule has 0 spiro atoms. The Morgan fingerprint density at radius 1 is 1.31 bits per heavy atom. The maximum atomic E-state index is 5.96. The minimum absolute atomic E-state index is 0.477. The highest BCUT2D eigenvalue weighted by Gasteiger charge is 2.07. The molecular formula is C12H12ClN3. The van der Waals surface area contributed by atoms with Crippen molar-refractivity contribution in [2.45, 2.75) is 20.3 Å². The maximum Gasteiger partial charge on any atom is 0.162 e. The number of halogens is 1. The van der Waals surface area contributed by atoms with Gasteiger partial charge in [0, 0.05) is 23.7 Å². The largest absolute Gasteiger partial charge is 0.264 e. The van der Waals surface area contributed by atoms with Crippen LogP contribution in [0.3, 0.4) is 0 Å². The van der Waals surface area contributed by atoms with Gasteiger partial charge in [-0.2, -0.15) is 0 Å². The van der Waals surface area contributed by atoms with E-state index in [0.717, 1.165) is 23.2 Å². The second kappa shape index (κ2) is 4.58. The number of hydrogen-bond donors (Lipinski definition) is 0. The molecule has 0 saturated heterocycles. The topological polar surface area (TPSA) is 38.7 Å². The van der Waals surface area contributed by atoms with Crippen molar-refractivity contribution in [2.24, 2.45) is 0 Å². The molecule has 0 fully saturated rings. The van der Waals surface area contributed by atoms with Crippen LogP contribution in [0.4, 0.5) is 0 Å². The highest BCUT2D eigenvalue weighted by molar-refractivity contribution is 6.29. The lowest BCUT2D eigenvalue weighted by molar-refractivity contribution is 1.00. The van der Waals surface area contributed by atoms with Gasteiger partial charge in [0.1, 0.15) is 5.15 Å². The van der Waals surface area contributed by atoms with Crippen LogP contribution in [-0.4, -0.2) is 15.0 Å². The third kappa shape index (κ3) is 2.19. The van der Waals surface area contributed by atoms with Gasteiger partial charge in [-0.05, 0) is 31.0 Å². The lowest BCUT2D eigenvalue weighted by atomic mass is 10.1. The fourth-order valence-electron chi connectivity index (χ4n) is 1.46. The Balaban J connectivity index is 2.56. The predicted molar refractivity (Wildman–Crippen MR) is 64.4 cm³/mol. The predicted octanol–water partition coefficient (Wildman–Crippen LogP) is 3.06. The molecule has 2 rings (SSSR count). The lowest BCUT2D eigenvalue weighted by Crippen LogP contribution is -1.96. The summed E-state index contributed by atoms with van der Waals surface area (Å²) in [5, 5.41) is 0.477. The van der Waals surface area contributed by atoms with Crippen molar-refractivity contribution in [3.05, 3.63) is 40.9 Å². The van der Waals surface area contributed by atoms with Gasteiger partial charge in [0.2, 0.25) is 0 Å². The number of aromatic nitrogens is 3. The number of pyridine rings is 1. The highest BCUT2D eigenvalue weighted by atomic mass is 35.5. The number of nitrogens with zero attached hydrogens (tertiary/aromatic N) is 3. The molecule has 0 aliphatic rings. The molecule has 3 nitrogen and oxygen atoms in total. The van der Waals surface area contributed by atoms with E-state index in [4.69, 9.17) is 11.6 Å². The lowest BCUT2D eigenvalue weighted by Gasteiger charge is -2.05. The molecule has 0 radical (unpaired) electrons. The van der Waals surface area contributed by atoms with E-state index in [-0.39, 0.29) is 0 Å². The van der Waals surface area contributed by atoms with Gasteiger partial charge in [0.25, 0.3) is 0 Å². The van der Waals surface area contributed by atoms with Crippen molar-refractivity contribution in [2.75, 3.05) is 0 Å². The fraction of sp³-hybridized carbons (Fsp3) is 0.250. The Hall–Kier alpha value is -1.48. The minimum atomic E-state index is 0.477. The Bertz CT molecular complexity index is 511. The first-order valence-electron chi connectivity index (χ1n) is 5.15. The van der Waals surface area contributed by atoms with E-state index in [0.29, 0.717) is 11.0 Å². The van der Waals surface area contributed by atoms with Crippen LogP contribution in [-0.2, 0) is 6.42 Å². The van der Waals surface area contributed by atoms with Crippen LogP contribution < -0.4 is 0 Å². The molecule has 0 aromatic carbocycles. The second-order valence-electron chi connectivity index (χ2n) is 3.55. The fourth-order valence-corrected chi connectivity index (χ4v) is 1.67. The summed E-state index contributed by atoms with van der Waals surface area (Å²) in [6.07, 6.45) is 4.36. The van der Waals surface area contributed by atoms with E-state index in [2.05, 4.69) is 15.0 Å². The summed E-state index contributed by atoms with van der Waals surface area (Å²) in [6, 6.07) is 3.72. The van der Waals surface area contributed by atoms with Crippen LogP contribution in [0.2, 0.25) is 5.15 Å². The van der Waals surface area contributed by atoms with E-state index < -0.39 is 0 Å². The van der Waals surface area contributed by atoms with Gasteiger partial charge in [-0.15, -0.1) is 0 Å². The van der Waals surface area contributed by atoms with Gasteiger partial charge in [0.15, 0.2) is 5.82 Å². The number of aryl methyl sites for hydroxylation is 2. The molecule has 0 atom stereocenters. The number of rotatable bonds is 2. The van der Waals surface area contributed by atoms with Crippen molar-refractivity contribution in [1.29, 1.82) is 0 Å².